The van der Waals surface area contributed by atoms with E-state index in [9.17, 15) is 13.2 Å². The Morgan fingerprint density at radius 2 is 2.18 bits per heavy atom. The number of carbonyl (C=O) groups is 1. The second kappa shape index (κ2) is 6.76. The number of nitrogens with zero attached hydrogens (tertiary/aromatic N) is 1. The molecule has 3 N–H and O–H groups in total. The predicted octanol–water partition coefficient (Wildman–Crippen LogP) is 0.714. The zero-order chi connectivity index (χ0) is 16.3. The lowest BCUT2D eigenvalue weighted by Gasteiger charge is -2.33. The van der Waals surface area contributed by atoms with Crippen LogP contribution in [0.15, 0.2) is 23.1 Å². The summed E-state index contributed by atoms with van der Waals surface area (Å²) in [6.45, 7) is 3.94. The lowest BCUT2D eigenvalue weighted by Crippen LogP contribution is -2.42. The Bertz CT molecular complexity index is 656. The Morgan fingerprint density at radius 1 is 1.45 bits per heavy atom. The van der Waals surface area contributed by atoms with Crippen molar-refractivity contribution in [2.75, 3.05) is 26.7 Å². The molecule has 1 aromatic rings. The third kappa shape index (κ3) is 3.85. The second-order valence-corrected chi connectivity index (χ2v) is 7.37. The van der Waals surface area contributed by atoms with Gasteiger partial charge in [0.05, 0.1) is 4.90 Å². The van der Waals surface area contributed by atoms with Crippen molar-refractivity contribution in [3.8, 4) is 0 Å². The van der Waals surface area contributed by atoms with Gasteiger partial charge in [0, 0.05) is 18.7 Å². The quantitative estimate of drug-likeness (QED) is 0.853. The molecule has 0 radical (unpaired) electrons. The Morgan fingerprint density at radius 3 is 2.82 bits per heavy atom. The molecule has 0 aliphatic carbocycles. The molecule has 6 nitrogen and oxygen atoms in total. The van der Waals surface area contributed by atoms with Gasteiger partial charge in [0.2, 0.25) is 10.0 Å². The molecule has 1 fully saturated rings. The molecule has 1 aromatic carbocycles. The third-order valence-corrected chi connectivity index (χ3v) is 5.09. The number of rotatable bonds is 4. The van der Waals surface area contributed by atoms with Crippen LogP contribution in [0.3, 0.4) is 0 Å². The monoisotopic (exact) mass is 325 g/mol. The molecule has 1 heterocycles. The second-order valence-electron chi connectivity index (χ2n) is 5.84. The van der Waals surface area contributed by atoms with E-state index in [0.717, 1.165) is 19.4 Å². The van der Waals surface area contributed by atoms with Crippen molar-refractivity contribution < 1.29 is 13.2 Å². The zero-order valence-electron chi connectivity index (χ0n) is 13.0. The summed E-state index contributed by atoms with van der Waals surface area (Å²) >= 11 is 0. The highest BCUT2D eigenvalue weighted by molar-refractivity contribution is 7.89. The van der Waals surface area contributed by atoms with Crippen LogP contribution in [0.4, 0.5) is 0 Å². The van der Waals surface area contributed by atoms with Crippen LogP contribution in [0.25, 0.3) is 0 Å². The minimum absolute atomic E-state index is 0.0159. The van der Waals surface area contributed by atoms with Crippen molar-refractivity contribution in [2.24, 2.45) is 11.1 Å². The number of benzene rings is 1. The fourth-order valence-electron chi connectivity index (χ4n) is 2.93. The molecule has 1 unspecified atom stereocenters. The molecule has 0 bridgehead atoms. The van der Waals surface area contributed by atoms with Crippen LogP contribution in [0.5, 0.6) is 0 Å². The van der Waals surface area contributed by atoms with Crippen LogP contribution in [-0.4, -0.2) is 45.9 Å². The standard InChI is InChI=1S/C15H23N3O3S/c1-11-5-6-13(8-14(11)22(16,20)21)15(19)18-7-3-4-12(10-18)9-17-2/h5-6,8,12,17H,3-4,7,9-10H2,1-2H3,(H2,16,20,21). The minimum atomic E-state index is -3.82. The summed E-state index contributed by atoms with van der Waals surface area (Å²) in [5.74, 6) is 0.302. The summed E-state index contributed by atoms with van der Waals surface area (Å²) in [5.41, 5.74) is 0.922. The van der Waals surface area contributed by atoms with Crippen molar-refractivity contribution in [3.05, 3.63) is 29.3 Å². The molecule has 7 heteroatoms. The first kappa shape index (κ1) is 16.9. The summed E-state index contributed by atoms with van der Waals surface area (Å²) in [7, 11) is -1.92. The van der Waals surface area contributed by atoms with Gasteiger partial charge in [-0.2, -0.15) is 0 Å². The number of likely N-dealkylation sites (tertiary alicyclic amines) is 1. The van der Waals surface area contributed by atoms with E-state index in [0.29, 0.717) is 30.1 Å². The smallest absolute Gasteiger partial charge is 0.253 e. The lowest BCUT2D eigenvalue weighted by molar-refractivity contribution is 0.0674. The summed E-state index contributed by atoms with van der Waals surface area (Å²) in [6.07, 6.45) is 2.06. The normalized spacial score (nSPS) is 19.2. The van der Waals surface area contributed by atoms with Crippen molar-refractivity contribution in [1.29, 1.82) is 0 Å². The number of hydrogen-bond donors (Lipinski definition) is 2. The van der Waals surface area contributed by atoms with Gasteiger partial charge in [-0.05, 0) is 57.0 Å². The number of hydrogen-bond acceptors (Lipinski definition) is 4. The van der Waals surface area contributed by atoms with E-state index in [1.54, 1.807) is 24.0 Å². The predicted molar refractivity (Wildman–Crippen MR) is 85.1 cm³/mol. The van der Waals surface area contributed by atoms with E-state index < -0.39 is 10.0 Å². The van der Waals surface area contributed by atoms with E-state index in [1.165, 1.54) is 6.07 Å². The highest BCUT2D eigenvalue weighted by Gasteiger charge is 2.25. The van der Waals surface area contributed by atoms with Crippen molar-refractivity contribution in [2.45, 2.75) is 24.7 Å². The Balaban J connectivity index is 2.23. The summed E-state index contributed by atoms with van der Waals surface area (Å²) < 4.78 is 23.2. The van der Waals surface area contributed by atoms with Crippen LogP contribution in [0, 0.1) is 12.8 Å². The van der Waals surface area contributed by atoms with Gasteiger partial charge in [-0.15, -0.1) is 0 Å². The van der Waals surface area contributed by atoms with Gasteiger partial charge >= 0.3 is 0 Å². The molecule has 2 rings (SSSR count). The van der Waals surface area contributed by atoms with Crippen LogP contribution in [-0.2, 0) is 10.0 Å². The number of amides is 1. The Hall–Kier alpha value is -1.44. The molecule has 0 aromatic heterocycles. The number of nitrogens with one attached hydrogen (secondary N) is 1. The fraction of sp³-hybridized carbons (Fsp3) is 0.533. The number of primary sulfonamides is 1. The van der Waals surface area contributed by atoms with Crippen molar-refractivity contribution >= 4 is 15.9 Å². The van der Waals surface area contributed by atoms with Gasteiger partial charge in [0.15, 0.2) is 0 Å². The number of sulfonamides is 1. The van der Waals surface area contributed by atoms with E-state index in [-0.39, 0.29) is 10.8 Å². The van der Waals surface area contributed by atoms with E-state index in [1.807, 2.05) is 7.05 Å². The van der Waals surface area contributed by atoms with E-state index in [4.69, 9.17) is 5.14 Å². The maximum Gasteiger partial charge on any atom is 0.253 e. The first-order valence-corrected chi connectivity index (χ1v) is 8.95. The summed E-state index contributed by atoms with van der Waals surface area (Å²) in [6, 6.07) is 4.67. The molecule has 1 amide bonds. The third-order valence-electron chi connectivity index (χ3n) is 4.04. The molecule has 122 valence electrons. The highest BCUT2D eigenvalue weighted by atomic mass is 32.2. The van der Waals surface area contributed by atoms with Gasteiger partial charge in [-0.3, -0.25) is 4.79 Å². The average Bonchev–Trinajstić information content (AvgIpc) is 2.46. The van der Waals surface area contributed by atoms with Crippen molar-refractivity contribution in [1.82, 2.24) is 10.2 Å². The number of carbonyl (C=O) groups excluding carboxylic acids is 1. The number of aryl methyl sites for hydroxylation is 1. The lowest BCUT2D eigenvalue weighted by atomic mass is 9.97. The van der Waals surface area contributed by atoms with Crippen LogP contribution < -0.4 is 10.5 Å². The molecule has 1 atom stereocenters. The maximum atomic E-state index is 12.6. The maximum absolute atomic E-state index is 12.6. The highest BCUT2D eigenvalue weighted by Crippen LogP contribution is 2.21. The van der Waals surface area contributed by atoms with E-state index in [2.05, 4.69) is 5.32 Å². The van der Waals surface area contributed by atoms with Crippen LogP contribution in [0.2, 0.25) is 0 Å². The summed E-state index contributed by atoms with van der Waals surface area (Å²) in [5, 5.41) is 8.35. The molecule has 1 aliphatic heterocycles. The fourth-order valence-corrected chi connectivity index (χ4v) is 3.74. The van der Waals surface area contributed by atoms with Gasteiger partial charge in [0.25, 0.3) is 5.91 Å². The van der Waals surface area contributed by atoms with Gasteiger partial charge in [-0.25, -0.2) is 13.6 Å². The first-order chi connectivity index (χ1) is 10.3. The minimum Gasteiger partial charge on any atom is -0.338 e. The largest absolute Gasteiger partial charge is 0.338 e. The molecular weight excluding hydrogens is 302 g/mol. The first-order valence-electron chi connectivity index (χ1n) is 7.40. The molecule has 0 saturated carbocycles. The molecular formula is C15H23N3O3S. The van der Waals surface area contributed by atoms with Crippen molar-refractivity contribution in [3.63, 3.8) is 0 Å². The molecule has 0 spiro atoms. The number of piperidine rings is 1. The Kier molecular flexibility index (Phi) is 5.20. The number of nitrogens with two attached hydrogens (primary N) is 1. The zero-order valence-corrected chi connectivity index (χ0v) is 13.8. The van der Waals surface area contributed by atoms with Crippen LogP contribution >= 0.6 is 0 Å². The SMILES string of the molecule is CNCC1CCCN(C(=O)c2ccc(C)c(S(N)(=O)=O)c2)C1. The molecule has 1 saturated heterocycles. The van der Waals surface area contributed by atoms with Gasteiger partial charge in [-0.1, -0.05) is 6.07 Å². The Labute approximate surface area is 131 Å². The van der Waals surface area contributed by atoms with E-state index >= 15 is 0 Å². The van der Waals surface area contributed by atoms with Gasteiger partial charge < -0.3 is 10.2 Å². The topological polar surface area (TPSA) is 92.5 Å². The van der Waals surface area contributed by atoms with Crippen LogP contribution in [0.1, 0.15) is 28.8 Å². The summed E-state index contributed by atoms with van der Waals surface area (Å²) in [4.78, 5) is 14.4. The van der Waals surface area contributed by atoms with Gasteiger partial charge in [0.1, 0.15) is 0 Å². The molecule has 22 heavy (non-hydrogen) atoms. The molecule has 1 aliphatic rings. The average molecular weight is 325 g/mol.